The van der Waals surface area contributed by atoms with E-state index in [4.69, 9.17) is 0 Å². The van der Waals surface area contributed by atoms with Gasteiger partial charge in [-0.05, 0) is 13.8 Å². The van der Waals surface area contributed by atoms with Crippen molar-refractivity contribution in [1.29, 1.82) is 0 Å². The summed E-state index contributed by atoms with van der Waals surface area (Å²) < 4.78 is 0. The molecular formula is C10H13N3O2S. The Bertz CT molecular complexity index is 429. The predicted molar refractivity (Wildman–Crippen MR) is 59.9 cm³/mol. The molecule has 1 fully saturated rings. The van der Waals surface area contributed by atoms with Gasteiger partial charge < -0.3 is 10.2 Å². The molecule has 86 valence electrons. The van der Waals surface area contributed by atoms with Gasteiger partial charge in [-0.25, -0.2) is 4.98 Å². The van der Waals surface area contributed by atoms with E-state index < -0.39 is 6.04 Å². The topological polar surface area (TPSA) is 62.3 Å². The number of hydrogen-bond acceptors (Lipinski definition) is 4. The molecule has 0 radical (unpaired) electrons. The number of hydrogen-bond donors (Lipinski definition) is 1. The van der Waals surface area contributed by atoms with Crippen LogP contribution in [0.2, 0.25) is 0 Å². The van der Waals surface area contributed by atoms with Gasteiger partial charge in [-0.15, -0.1) is 11.3 Å². The van der Waals surface area contributed by atoms with Crippen LogP contribution in [-0.4, -0.2) is 34.3 Å². The second-order valence-corrected chi connectivity index (χ2v) is 4.78. The third-order valence-electron chi connectivity index (χ3n) is 2.57. The third-order valence-corrected chi connectivity index (χ3v) is 3.49. The van der Waals surface area contributed by atoms with Gasteiger partial charge in [0.2, 0.25) is 11.8 Å². The fourth-order valence-corrected chi connectivity index (χ4v) is 2.45. The largest absolute Gasteiger partial charge is 0.343 e. The van der Waals surface area contributed by atoms with E-state index in [1.165, 1.54) is 11.3 Å². The van der Waals surface area contributed by atoms with Crippen LogP contribution < -0.4 is 5.32 Å². The summed E-state index contributed by atoms with van der Waals surface area (Å²) in [6, 6.07) is -0.422. The number of nitrogens with zero attached hydrogens (tertiary/aromatic N) is 2. The molecule has 1 aromatic rings. The van der Waals surface area contributed by atoms with Gasteiger partial charge in [-0.1, -0.05) is 0 Å². The summed E-state index contributed by atoms with van der Waals surface area (Å²) in [7, 11) is 0. The number of aromatic nitrogens is 1. The monoisotopic (exact) mass is 239 g/mol. The van der Waals surface area contributed by atoms with Crippen molar-refractivity contribution in [3.63, 3.8) is 0 Å². The number of thiazole rings is 1. The number of rotatable bonds is 2. The number of nitrogens with one attached hydrogen (secondary N) is 1. The zero-order chi connectivity index (χ0) is 11.7. The molecule has 0 saturated carbocycles. The fraction of sp³-hybridized carbons (Fsp3) is 0.500. The maximum Gasteiger partial charge on any atom is 0.245 e. The minimum Gasteiger partial charge on any atom is -0.343 e. The van der Waals surface area contributed by atoms with E-state index in [9.17, 15) is 9.59 Å². The van der Waals surface area contributed by atoms with Crippen LogP contribution in [0.25, 0.3) is 0 Å². The van der Waals surface area contributed by atoms with Gasteiger partial charge in [0.25, 0.3) is 0 Å². The molecule has 0 bridgehead atoms. The number of aryl methyl sites for hydroxylation is 1. The highest BCUT2D eigenvalue weighted by Gasteiger charge is 2.29. The normalized spacial score (nSPS) is 21.1. The summed E-state index contributed by atoms with van der Waals surface area (Å²) in [5.74, 6) is -0.137. The summed E-state index contributed by atoms with van der Waals surface area (Å²) in [5, 5.41) is 2.61. The number of carbonyl (C=O) groups excluding carboxylic acids is 2. The second-order valence-electron chi connectivity index (χ2n) is 3.84. The Morgan fingerprint density at radius 3 is 3.00 bits per heavy atom. The standard InChI is InChI=1S/C10H13N3O2S/c1-6-8(16-5-11-6)3-13-4-9(14)12-7(2)10(13)15/h5,7H,3-4H2,1-2H3,(H,12,14). The summed E-state index contributed by atoms with van der Waals surface area (Å²) in [5.41, 5.74) is 2.68. The lowest BCUT2D eigenvalue weighted by Crippen LogP contribution is -2.56. The maximum atomic E-state index is 11.8. The van der Waals surface area contributed by atoms with E-state index in [0.717, 1.165) is 10.6 Å². The lowest BCUT2D eigenvalue weighted by atomic mass is 10.2. The van der Waals surface area contributed by atoms with Crippen molar-refractivity contribution in [1.82, 2.24) is 15.2 Å². The Balaban J connectivity index is 2.12. The van der Waals surface area contributed by atoms with E-state index in [2.05, 4.69) is 10.3 Å². The average molecular weight is 239 g/mol. The van der Waals surface area contributed by atoms with Crippen LogP contribution >= 0.6 is 11.3 Å². The Hall–Kier alpha value is -1.43. The minimum absolute atomic E-state index is 0.0348. The van der Waals surface area contributed by atoms with Gasteiger partial charge in [0.15, 0.2) is 0 Å². The lowest BCUT2D eigenvalue weighted by molar-refractivity contribution is -0.144. The first kappa shape index (κ1) is 11.1. The zero-order valence-corrected chi connectivity index (χ0v) is 10.0. The van der Waals surface area contributed by atoms with E-state index in [1.807, 2.05) is 6.92 Å². The zero-order valence-electron chi connectivity index (χ0n) is 9.19. The van der Waals surface area contributed by atoms with Crippen LogP contribution in [0.3, 0.4) is 0 Å². The van der Waals surface area contributed by atoms with Crippen LogP contribution in [-0.2, 0) is 16.1 Å². The molecule has 16 heavy (non-hydrogen) atoms. The molecule has 1 unspecified atom stereocenters. The van der Waals surface area contributed by atoms with Crippen molar-refractivity contribution < 1.29 is 9.59 Å². The van der Waals surface area contributed by atoms with Crippen LogP contribution in [0.1, 0.15) is 17.5 Å². The van der Waals surface area contributed by atoms with Gasteiger partial charge in [0.05, 0.1) is 24.3 Å². The maximum absolute atomic E-state index is 11.8. The van der Waals surface area contributed by atoms with E-state index in [-0.39, 0.29) is 18.4 Å². The number of carbonyl (C=O) groups is 2. The molecule has 2 heterocycles. The lowest BCUT2D eigenvalue weighted by Gasteiger charge is -2.30. The van der Waals surface area contributed by atoms with Crippen molar-refractivity contribution in [3.05, 3.63) is 16.1 Å². The van der Waals surface area contributed by atoms with Crippen LogP contribution in [0.15, 0.2) is 5.51 Å². The molecule has 0 aromatic carbocycles. The van der Waals surface area contributed by atoms with E-state index >= 15 is 0 Å². The van der Waals surface area contributed by atoms with Gasteiger partial charge in [-0.2, -0.15) is 0 Å². The third kappa shape index (κ3) is 2.06. The summed E-state index contributed by atoms with van der Waals surface area (Å²) in [4.78, 5) is 29.9. The van der Waals surface area contributed by atoms with Crippen molar-refractivity contribution >= 4 is 23.2 Å². The van der Waals surface area contributed by atoms with Crippen molar-refractivity contribution in [2.45, 2.75) is 26.4 Å². The highest BCUT2D eigenvalue weighted by Crippen LogP contribution is 2.16. The Kier molecular flexibility index (Phi) is 2.91. The minimum atomic E-state index is -0.422. The van der Waals surface area contributed by atoms with E-state index in [1.54, 1.807) is 17.3 Å². The molecule has 2 rings (SSSR count). The highest BCUT2D eigenvalue weighted by molar-refractivity contribution is 7.09. The molecule has 1 aliphatic rings. The van der Waals surface area contributed by atoms with Gasteiger partial charge >= 0.3 is 0 Å². The van der Waals surface area contributed by atoms with Crippen molar-refractivity contribution in [2.24, 2.45) is 0 Å². The van der Waals surface area contributed by atoms with E-state index in [0.29, 0.717) is 6.54 Å². The van der Waals surface area contributed by atoms with Crippen molar-refractivity contribution in [2.75, 3.05) is 6.54 Å². The molecule has 0 aliphatic carbocycles. The number of amides is 2. The second kappa shape index (κ2) is 4.21. The Morgan fingerprint density at radius 1 is 1.62 bits per heavy atom. The molecule has 1 atom stereocenters. The fourth-order valence-electron chi connectivity index (χ4n) is 1.66. The first-order valence-electron chi connectivity index (χ1n) is 5.05. The summed E-state index contributed by atoms with van der Waals surface area (Å²) >= 11 is 1.51. The van der Waals surface area contributed by atoms with Crippen LogP contribution in [0.5, 0.6) is 0 Å². The quantitative estimate of drug-likeness (QED) is 0.807. The molecule has 1 N–H and O–H groups in total. The smallest absolute Gasteiger partial charge is 0.245 e. The van der Waals surface area contributed by atoms with Crippen molar-refractivity contribution in [3.8, 4) is 0 Å². The van der Waals surface area contributed by atoms with Gasteiger partial charge in [0.1, 0.15) is 6.04 Å². The highest BCUT2D eigenvalue weighted by atomic mass is 32.1. The Morgan fingerprint density at radius 2 is 2.38 bits per heavy atom. The molecule has 1 saturated heterocycles. The molecule has 1 aliphatic heterocycles. The molecule has 6 heteroatoms. The Labute approximate surface area is 97.5 Å². The molecule has 2 amide bonds. The average Bonchev–Trinajstić information content (AvgIpc) is 2.60. The first-order valence-corrected chi connectivity index (χ1v) is 5.93. The SMILES string of the molecule is Cc1ncsc1CN1CC(=O)NC(C)C1=O. The summed E-state index contributed by atoms with van der Waals surface area (Å²) in [6.45, 7) is 4.23. The van der Waals surface area contributed by atoms with Crippen LogP contribution in [0, 0.1) is 6.92 Å². The molecule has 5 nitrogen and oxygen atoms in total. The predicted octanol–water partition coefficient (Wildman–Crippen LogP) is 0.298. The number of piperazine rings is 1. The first-order chi connectivity index (χ1) is 7.58. The molecule has 1 aromatic heterocycles. The molecule has 0 spiro atoms. The van der Waals surface area contributed by atoms with Gasteiger partial charge in [-0.3, -0.25) is 9.59 Å². The van der Waals surface area contributed by atoms with Crippen LogP contribution in [0.4, 0.5) is 0 Å². The summed E-state index contributed by atoms with van der Waals surface area (Å²) in [6.07, 6.45) is 0. The molecular weight excluding hydrogens is 226 g/mol. The van der Waals surface area contributed by atoms with Gasteiger partial charge in [0, 0.05) is 4.88 Å².